The molecule has 0 fully saturated rings. The number of hydrogen-bond acceptors (Lipinski definition) is 4. The van der Waals surface area contributed by atoms with E-state index in [1.807, 2.05) is 30.3 Å². The fourth-order valence-electron chi connectivity index (χ4n) is 1.34. The van der Waals surface area contributed by atoms with Gasteiger partial charge in [-0.15, -0.1) is 0 Å². The average Bonchev–Trinajstić information content (AvgIpc) is 2.43. The molecule has 1 N–H and O–H groups in total. The van der Waals surface area contributed by atoms with Crippen molar-refractivity contribution in [2.75, 3.05) is 6.61 Å². The molecular formula is C15H19NO4. The average molecular weight is 277 g/mol. The molecule has 1 unspecified atom stereocenters. The SMILES string of the molecule is C=C(C)C(=O)OCC(C)OC(=O)NCc1ccccc1. The summed E-state index contributed by atoms with van der Waals surface area (Å²) in [6.45, 7) is 7.06. The zero-order valence-electron chi connectivity index (χ0n) is 11.7. The van der Waals surface area contributed by atoms with Crippen molar-refractivity contribution in [3.63, 3.8) is 0 Å². The molecule has 20 heavy (non-hydrogen) atoms. The van der Waals surface area contributed by atoms with E-state index >= 15 is 0 Å². The fraction of sp³-hybridized carbons (Fsp3) is 0.333. The number of alkyl carbamates (subject to hydrolysis) is 1. The molecule has 108 valence electrons. The highest BCUT2D eigenvalue weighted by atomic mass is 16.6. The van der Waals surface area contributed by atoms with Crippen LogP contribution in [0.15, 0.2) is 42.5 Å². The number of amides is 1. The normalized spacial score (nSPS) is 11.3. The molecule has 0 saturated heterocycles. The third kappa shape index (κ3) is 6.04. The van der Waals surface area contributed by atoms with Crippen LogP contribution in [0.3, 0.4) is 0 Å². The Hall–Kier alpha value is -2.30. The van der Waals surface area contributed by atoms with Gasteiger partial charge in [-0.25, -0.2) is 9.59 Å². The second-order valence-electron chi connectivity index (χ2n) is 4.43. The Labute approximate surface area is 118 Å². The second-order valence-corrected chi connectivity index (χ2v) is 4.43. The summed E-state index contributed by atoms with van der Waals surface area (Å²) in [5.74, 6) is -0.495. The standard InChI is InChI=1S/C15H19NO4/c1-11(2)14(17)19-10-12(3)20-15(18)16-9-13-7-5-4-6-8-13/h4-8,12H,1,9-10H2,2-3H3,(H,16,18). The topological polar surface area (TPSA) is 64.6 Å². The van der Waals surface area contributed by atoms with E-state index in [-0.39, 0.29) is 6.61 Å². The Bertz CT molecular complexity index is 470. The molecule has 0 aromatic heterocycles. The molecular weight excluding hydrogens is 258 g/mol. The van der Waals surface area contributed by atoms with E-state index in [4.69, 9.17) is 9.47 Å². The van der Waals surface area contributed by atoms with Crippen LogP contribution in [0, 0.1) is 0 Å². The van der Waals surface area contributed by atoms with Gasteiger partial charge in [-0.1, -0.05) is 36.9 Å². The maximum Gasteiger partial charge on any atom is 0.407 e. The van der Waals surface area contributed by atoms with Crippen LogP contribution in [0.1, 0.15) is 19.4 Å². The number of benzene rings is 1. The largest absolute Gasteiger partial charge is 0.458 e. The zero-order chi connectivity index (χ0) is 15.0. The summed E-state index contributed by atoms with van der Waals surface area (Å²) in [5.41, 5.74) is 1.29. The summed E-state index contributed by atoms with van der Waals surface area (Å²) in [6.07, 6.45) is -1.07. The molecule has 0 aliphatic heterocycles. The first-order chi connectivity index (χ1) is 9.49. The van der Waals surface area contributed by atoms with Gasteiger partial charge in [-0.3, -0.25) is 0 Å². The molecule has 0 radical (unpaired) electrons. The summed E-state index contributed by atoms with van der Waals surface area (Å²) < 4.78 is 9.93. The molecule has 1 atom stereocenters. The van der Waals surface area contributed by atoms with Gasteiger partial charge < -0.3 is 14.8 Å². The van der Waals surface area contributed by atoms with Crippen molar-refractivity contribution >= 4 is 12.1 Å². The highest BCUT2D eigenvalue weighted by molar-refractivity contribution is 5.86. The van der Waals surface area contributed by atoms with Crippen LogP contribution in [-0.2, 0) is 20.8 Å². The number of esters is 1. The third-order valence-corrected chi connectivity index (χ3v) is 2.39. The summed E-state index contributed by atoms with van der Waals surface area (Å²) >= 11 is 0. The van der Waals surface area contributed by atoms with E-state index in [0.717, 1.165) is 5.56 Å². The van der Waals surface area contributed by atoms with Gasteiger partial charge in [0.1, 0.15) is 12.7 Å². The molecule has 1 aromatic carbocycles. The van der Waals surface area contributed by atoms with Gasteiger partial charge in [0.2, 0.25) is 0 Å². The van der Waals surface area contributed by atoms with Crippen molar-refractivity contribution in [3.8, 4) is 0 Å². The molecule has 1 rings (SSSR count). The van der Waals surface area contributed by atoms with E-state index in [1.54, 1.807) is 13.8 Å². The molecule has 0 aliphatic carbocycles. The quantitative estimate of drug-likeness (QED) is 0.640. The first kappa shape index (κ1) is 15.8. The summed E-state index contributed by atoms with van der Waals surface area (Å²) in [7, 11) is 0. The second kappa shape index (κ2) is 7.99. The van der Waals surface area contributed by atoms with Crippen molar-refractivity contribution in [2.24, 2.45) is 0 Å². The first-order valence-corrected chi connectivity index (χ1v) is 6.30. The Kier molecular flexibility index (Phi) is 6.29. The Morgan fingerprint density at radius 1 is 1.30 bits per heavy atom. The smallest absolute Gasteiger partial charge is 0.407 e. The maximum atomic E-state index is 11.5. The minimum absolute atomic E-state index is 0.00441. The van der Waals surface area contributed by atoms with Crippen LogP contribution in [0.4, 0.5) is 4.79 Å². The van der Waals surface area contributed by atoms with Crippen LogP contribution >= 0.6 is 0 Å². The fourth-order valence-corrected chi connectivity index (χ4v) is 1.34. The van der Waals surface area contributed by atoms with E-state index < -0.39 is 18.2 Å². The van der Waals surface area contributed by atoms with Crippen molar-refractivity contribution in [1.29, 1.82) is 0 Å². The molecule has 0 spiro atoms. The van der Waals surface area contributed by atoms with E-state index in [9.17, 15) is 9.59 Å². The number of carbonyl (C=O) groups excluding carboxylic acids is 2. The highest BCUT2D eigenvalue weighted by Gasteiger charge is 2.12. The molecule has 0 saturated carbocycles. The monoisotopic (exact) mass is 277 g/mol. The van der Waals surface area contributed by atoms with Gasteiger partial charge in [0.15, 0.2) is 0 Å². The van der Waals surface area contributed by atoms with Crippen LogP contribution in [0.5, 0.6) is 0 Å². The van der Waals surface area contributed by atoms with Gasteiger partial charge in [0.05, 0.1) is 0 Å². The summed E-state index contributed by atoms with van der Waals surface area (Å²) in [4.78, 5) is 22.7. The molecule has 5 nitrogen and oxygen atoms in total. The predicted octanol–water partition coefficient (Wildman–Crippen LogP) is 2.42. The van der Waals surface area contributed by atoms with Gasteiger partial charge in [-0.2, -0.15) is 0 Å². The number of rotatable bonds is 6. The molecule has 0 bridgehead atoms. The van der Waals surface area contributed by atoms with Crippen LogP contribution in [0.2, 0.25) is 0 Å². The highest BCUT2D eigenvalue weighted by Crippen LogP contribution is 2.00. The van der Waals surface area contributed by atoms with Crippen molar-refractivity contribution in [2.45, 2.75) is 26.5 Å². The number of ether oxygens (including phenoxy) is 2. The molecule has 0 heterocycles. The van der Waals surface area contributed by atoms with Crippen LogP contribution in [0.25, 0.3) is 0 Å². The van der Waals surface area contributed by atoms with Gasteiger partial charge >= 0.3 is 12.1 Å². The minimum Gasteiger partial charge on any atom is -0.458 e. The lowest BCUT2D eigenvalue weighted by molar-refractivity contribution is -0.141. The summed E-state index contributed by atoms with van der Waals surface area (Å²) in [5, 5.41) is 2.62. The molecule has 5 heteroatoms. The van der Waals surface area contributed by atoms with Crippen LogP contribution < -0.4 is 5.32 Å². The molecule has 1 amide bonds. The lowest BCUT2D eigenvalue weighted by atomic mass is 10.2. The van der Waals surface area contributed by atoms with E-state index in [2.05, 4.69) is 11.9 Å². The lowest BCUT2D eigenvalue weighted by Gasteiger charge is -2.14. The van der Waals surface area contributed by atoms with Gasteiger partial charge in [-0.05, 0) is 19.4 Å². The van der Waals surface area contributed by atoms with Crippen molar-refractivity contribution in [1.82, 2.24) is 5.32 Å². The minimum atomic E-state index is -0.548. The maximum absolute atomic E-state index is 11.5. The van der Waals surface area contributed by atoms with Crippen molar-refractivity contribution < 1.29 is 19.1 Å². The molecule has 1 aromatic rings. The lowest BCUT2D eigenvalue weighted by Crippen LogP contribution is -2.30. The number of hydrogen-bond donors (Lipinski definition) is 1. The number of nitrogens with one attached hydrogen (secondary N) is 1. The third-order valence-electron chi connectivity index (χ3n) is 2.39. The Balaban J connectivity index is 2.24. The zero-order valence-corrected chi connectivity index (χ0v) is 11.7. The van der Waals surface area contributed by atoms with E-state index in [1.165, 1.54) is 0 Å². The van der Waals surface area contributed by atoms with Gasteiger partial charge in [0.25, 0.3) is 0 Å². The van der Waals surface area contributed by atoms with Crippen LogP contribution in [-0.4, -0.2) is 24.8 Å². The van der Waals surface area contributed by atoms with Crippen molar-refractivity contribution in [3.05, 3.63) is 48.0 Å². The molecule has 0 aliphatic rings. The number of carbonyl (C=O) groups is 2. The predicted molar refractivity (Wildman–Crippen MR) is 75.0 cm³/mol. The summed E-state index contributed by atoms with van der Waals surface area (Å²) in [6, 6.07) is 9.49. The Morgan fingerprint density at radius 2 is 1.95 bits per heavy atom. The first-order valence-electron chi connectivity index (χ1n) is 6.30. The Morgan fingerprint density at radius 3 is 2.55 bits per heavy atom. The van der Waals surface area contributed by atoms with Gasteiger partial charge in [0, 0.05) is 12.1 Å². The van der Waals surface area contributed by atoms with E-state index in [0.29, 0.717) is 12.1 Å².